The normalized spacial score (nSPS) is 16.1. The standard InChI is InChI=1S/C16H24N2O/c1-3-17-15(19)10-11-18-16(14-8-9-14)13-6-4-12(2)5-7-13/h4-7,14,16,18H,3,8-11H2,1-2H3,(H,17,19). The van der Waals surface area contributed by atoms with Gasteiger partial charge in [-0.25, -0.2) is 0 Å². The van der Waals surface area contributed by atoms with Crippen molar-refractivity contribution in [1.82, 2.24) is 10.6 Å². The first-order valence-corrected chi connectivity index (χ1v) is 7.27. The third-order valence-electron chi connectivity index (χ3n) is 3.62. The van der Waals surface area contributed by atoms with Crippen LogP contribution in [-0.2, 0) is 4.79 Å². The summed E-state index contributed by atoms with van der Waals surface area (Å²) in [4.78, 5) is 11.4. The van der Waals surface area contributed by atoms with Gasteiger partial charge in [-0.1, -0.05) is 29.8 Å². The number of rotatable bonds is 7. The minimum atomic E-state index is 0.133. The summed E-state index contributed by atoms with van der Waals surface area (Å²) in [5, 5.41) is 6.38. The van der Waals surface area contributed by atoms with Crippen LogP contribution in [-0.4, -0.2) is 19.0 Å². The fraction of sp³-hybridized carbons (Fsp3) is 0.562. The second-order valence-corrected chi connectivity index (χ2v) is 5.38. The molecule has 1 aliphatic rings. The quantitative estimate of drug-likeness (QED) is 0.791. The van der Waals surface area contributed by atoms with Crippen molar-refractivity contribution in [2.45, 2.75) is 39.2 Å². The number of aryl methyl sites for hydroxylation is 1. The van der Waals surface area contributed by atoms with E-state index in [0.29, 0.717) is 19.0 Å². The van der Waals surface area contributed by atoms with E-state index in [-0.39, 0.29) is 5.91 Å². The van der Waals surface area contributed by atoms with Gasteiger partial charge in [0.05, 0.1) is 0 Å². The van der Waals surface area contributed by atoms with Gasteiger partial charge in [-0.3, -0.25) is 4.79 Å². The van der Waals surface area contributed by atoms with E-state index in [2.05, 4.69) is 41.8 Å². The Bertz CT molecular complexity index is 409. The van der Waals surface area contributed by atoms with E-state index in [0.717, 1.165) is 12.5 Å². The zero-order chi connectivity index (χ0) is 13.7. The lowest BCUT2D eigenvalue weighted by Crippen LogP contribution is -2.30. The van der Waals surface area contributed by atoms with Crippen molar-refractivity contribution < 1.29 is 4.79 Å². The molecule has 0 bridgehead atoms. The molecule has 1 aliphatic carbocycles. The Hall–Kier alpha value is -1.35. The molecule has 0 heterocycles. The summed E-state index contributed by atoms with van der Waals surface area (Å²) >= 11 is 0. The predicted octanol–water partition coefficient (Wildman–Crippen LogP) is 2.56. The van der Waals surface area contributed by atoms with Crippen molar-refractivity contribution in [2.75, 3.05) is 13.1 Å². The number of hydrogen-bond acceptors (Lipinski definition) is 2. The second-order valence-electron chi connectivity index (χ2n) is 5.38. The fourth-order valence-electron chi connectivity index (χ4n) is 2.39. The molecule has 2 rings (SSSR count). The zero-order valence-electron chi connectivity index (χ0n) is 11.9. The molecule has 1 aromatic rings. The lowest BCUT2D eigenvalue weighted by molar-refractivity contribution is -0.120. The van der Waals surface area contributed by atoms with Gasteiger partial charge in [-0.2, -0.15) is 0 Å². The van der Waals surface area contributed by atoms with E-state index in [4.69, 9.17) is 0 Å². The molecule has 3 heteroatoms. The van der Waals surface area contributed by atoms with Crippen LogP contribution in [0, 0.1) is 12.8 Å². The Kier molecular flexibility index (Phi) is 4.97. The van der Waals surface area contributed by atoms with E-state index in [1.54, 1.807) is 0 Å². The van der Waals surface area contributed by atoms with E-state index >= 15 is 0 Å². The first-order valence-electron chi connectivity index (χ1n) is 7.27. The summed E-state index contributed by atoms with van der Waals surface area (Å²) in [5.74, 6) is 0.880. The first-order chi connectivity index (χ1) is 9.20. The summed E-state index contributed by atoms with van der Waals surface area (Å²) in [6.07, 6.45) is 3.16. The summed E-state index contributed by atoms with van der Waals surface area (Å²) in [7, 11) is 0. The third-order valence-corrected chi connectivity index (χ3v) is 3.62. The number of nitrogens with one attached hydrogen (secondary N) is 2. The molecular formula is C16H24N2O. The van der Waals surface area contributed by atoms with Crippen molar-refractivity contribution in [3.8, 4) is 0 Å². The summed E-state index contributed by atoms with van der Waals surface area (Å²) in [6.45, 7) is 5.52. The van der Waals surface area contributed by atoms with Crippen LogP contribution in [0.4, 0.5) is 0 Å². The minimum Gasteiger partial charge on any atom is -0.356 e. The number of amides is 1. The largest absolute Gasteiger partial charge is 0.356 e. The molecule has 0 aromatic heterocycles. The molecule has 1 unspecified atom stereocenters. The molecule has 1 aromatic carbocycles. The van der Waals surface area contributed by atoms with Gasteiger partial charge < -0.3 is 10.6 Å². The summed E-state index contributed by atoms with van der Waals surface area (Å²) < 4.78 is 0. The van der Waals surface area contributed by atoms with E-state index < -0.39 is 0 Å². The van der Waals surface area contributed by atoms with Crippen LogP contribution in [0.3, 0.4) is 0 Å². The lowest BCUT2D eigenvalue weighted by atomic mass is 10.0. The van der Waals surface area contributed by atoms with Gasteiger partial charge >= 0.3 is 0 Å². The molecule has 0 spiro atoms. The molecule has 0 saturated heterocycles. The van der Waals surface area contributed by atoms with Crippen LogP contribution >= 0.6 is 0 Å². The summed E-state index contributed by atoms with van der Waals surface area (Å²) in [5.41, 5.74) is 2.64. The van der Waals surface area contributed by atoms with Crippen LogP contribution in [0.2, 0.25) is 0 Å². The van der Waals surface area contributed by atoms with Crippen molar-refractivity contribution in [3.05, 3.63) is 35.4 Å². The maximum absolute atomic E-state index is 11.4. The van der Waals surface area contributed by atoms with Gasteiger partial charge in [0.1, 0.15) is 0 Å². The molecule has 1 atom stereocenters. The van der Waals surface area contributed by atoms with E-state index in [1.807, 2.05) is 6.92 Å². The average molecular weight is 260 g/mol. The van der Waals surface area contributed by atoms with Gasteiger partial charge in [0.25, 0.3) is 0 Å². The smallest absolute Gasteiger partial charge is 0.221 e. The number of carbonyl (C=O) groups excluding carboxylic acids is 1. The van der Waals surface area contributed by atoms with E-state index in [9.17, 15) is 4.79 Å². The molecule has 19 heavy (non-hydrogen) atoms. The topological polar surface area (TPSA) is 41.1 Å². The third kappa shape index (κ3) is 4.35. The van der Waals surface area contributed by atoms with Crippen LogP contribution in [0.1, 0.15) is 43.4 Å². The molecule has 0 aliphatic heterocycles. The molecule has 2 N–H and O–H groups in total. The fourth-order valence-corrected chi connectivity index (χ4v) is 2.39. The minimum absolute atomic E-state index is 0.133. The molecule has 1 fully saturated rings. The molecule has 3 nitrogen and oxygen atoms in total. The maximum Gasteiger partial charge on any atom is 0.221 e. The van der Waals surface area contributed by atoms with Gasteiger partial charge in [0, 0.05) is 25.6 Å². The monoisotopic (exact) mass is 260 g/mol. The number of benzene rings is 1. The highest BCUT2D eigenvalue weighted by Gasteiger charge is 2.31. The SMILES string of the molecule is CCNC(=O)CCNC(c1ccc(C)cc1)C1CC1. The lowest BCUT2D eigenvalue weighted by Gasteiger charge is -2.19. The maximum atomic E-state index is 11.4. The average Bonchev–Trinajstić information content (AvgIpc) is 3.21. The highest BCUT2D eigenvalue weighted by molar-refractivity contribution is 5.75. The van der Waals surface area contributed by atoms with E-state index in [1.165, 1.54) is 24.0 Å². The van der Waals surface area contributed by atoms with Gasteiger partial charge in [-0.05, 0) is 38.2 Å². The first kappa shape index (κ1) is 14.1. The van der Waals surface area contributed by atoms with Gasteiger partial charge in [0.15, 0.2) is 0 Å². The Morgan fingerprint density at radius 2 is 2.00 bits per heavy atom. The highest BCUT2D eigenvalue weighted by Crippen LogP contribution is 2.40. The predicted molar refractivity (Wildman–Crippen MR) is 77.9 cm³/mol. The number of hydrogen-bond donors (Lipinski definition) is 2. The molecule has 1 saturated carbocycles. The molecule has 0 radical (unpaired) electrons. The highest BCUT2D eigenvalue weighted by atomic mass is 16.1. The van der Waals surface area contributed by atoms with Crippen molar-refractivity contribution in [3.63, 3.8) is 0 Å². The molecule has 104 valence electrons. The number of carbonyl (C=O) groups is 1. The van der Waals surface area contributed by atoms with Gasteiger partial charge in [0.2, 0.25) is 5.91 Å². The van der Waals surface area contributed by atoms with Crippen molar-refractivity contribution in [1.29, 1.82) is 0 Å². The van der Waals surface area contributed by atoms with Gasteiger partial charge in [-0.15, -0.1) is 0 Å². The Labute approximate surface area is 115 Å². The van der Waals surface area contributed by atoms with Crippen LogP contribution in [0.15, 0.2) is 24.3 Å². The summed E-state index contributed by atoms with van der Waals surface area (Å²) in [6, 6.07) is 9.15. The van der Waals surface area contributed by atoms with Crippen LogP contribution < -0.4 is 10.6 Å². The Morgan fingerprint density at radius 1 is 1.32 bits per heavy atom. The molecular weight excluding hydrogens is 236 g/mol. The molecule has 1 amide bonds. The Balaban J connectivity index is 1.86. The second kappa shape index (κ2) is 6.71. The van der Waals surface area contributed by atoms with Crippen molar-refractivity contribution in [2.24, 2.45) is 5.92 Å². The van der Waals surface area contributed by atoms with Crippen LogP contribution in [0.5, 0.6) is 0 Å². The Morgan fingerprint density at radius 3 is 2.58 bits per heavy atom. The zero-order valence-corrected chi connectivity index (χ0v) is 11.9. The van der Waals surface area contributed by atoms with Crippen LogP contribution in [0.25, 0.3) is 0 Å². The van der Waals surface area contributed by atoms with Crippen molar-refractivity contribution >= 4 is 5.91 Å².